The summed E-state index contributed by atoms with van der Waals surface area (Å²) in [5, 5.41) is 0.363. The van der Waals surface area contributed by atoms with E-state index in [2.05, 4.69) is 15.9 Å². The van der Waals surface area contributed by atoms with Gasteiger partial charge in [0.15, 0.2) is 6.61 Å². The third kappa shape index (κ3) is 4.26. The molecule has 0 aliphatic rings. The first-order valence-corrected chi connectivity index (χ1v) is 6.66. The molecular formula is C14H10BrClO3. The zero-order valence-corrected chi connectivity index (χ0v) is 12.1. The zero-order chi connectivity index (χ0) is 13.7. The van der Waals surface area contributed by atoms with E-state index in [1.807, 2.05) is 18.2 Å². The Labute approximate surface area is 124 Å². The van der Waals surface area contributed by atoms with E-state index in [9.17, 15) is 4.79 Å². The maximum absolute atomic E-state index is 11.6. The molecule has 19 heavy (non-hydrogen) atoms. The molecular weight excluding hydrogens is 332 g/mol. The van der Waals surface area contributed by atoms with Crippen molar-refractivity contribution in [2.75, 3.05) is 6.61 Å². The number of carbonyl (C=O) groups is 1. The van der Waals surface area contributed by atoms with Crippen molar-refractivity contribution in [3.8, 4) is 11.5 Å². The maximum Gasteiger partial charge on any atom is 0.349 e. The SMILES string of the molecule is O=C(COc1ccccc1)Oc1ccc(Br)cc1Cl. The highest BCUT2D eigenvalue weighted by Crippen LogP contribution is 2.27. The molecule has 0 atom stereocenters. The number of hydrogen-bond donors (Lipinski definition) is 0. The fourth-order valence-corrected chi connectivity index (χ4v) is 2.08. The average molecular weight is 342 g/mol. The van der Waals surface area contributed by atoms with Crippen molar-refractivity contribution in [2.24, 2.45) is 0 Å². The van der Waals surface area contributed by atoms with Gasteiger partial charge in [-0.1, -0.05) is 45.7 Å². The smallest absolute Gasteiger partial charge is 0.349 e. The minimum absolute atomic E-state index is 0.170. The Bertz CT molecular complexity index is 572. The van der Waals surface area contributed by atoms with Gasteiger partial charge in [-0.3, -0.25) is 0 Å². The van der Waals surface area contributed by atoms with E-state index < -0.39 is 5.97 Å². The standard InChI is InChI=1S/C14H10BrClO3/c15-10-6-7-13(12(16)8-10)19-14(17)9-18-11-4-2-1-3-5-11/h1-8H,9H2. The van der Waals surface area contributed by atoms with E-state index in [-0.39, 0.29) is 6.61 Å². The van der Waals surface area contributed by atoms with Crippen molar-refractivity contribution >= 4 is 33.5 Å². The molecule has 2 rings (SSSR count). The van der Waals surface area contributed by atoms with Gasteiger partial charge in [0.25, 0.3) is 0 Å². The van der Waals surface area contributed by atoms with Crippen molar-refractivity contribution in [1.82, 2.24) is 0 Å². The molecule has 0 amide bonds. The van der Waals surface area contributed by atoms with Gasteiger partial charge in [-0.25, -0.2) is 4.79 Å². The van der Waals surface area contributed by atoms with Crippen LogP contribution < -0.4 is 9.47 Å². The van der Waals surface area contributed by atoms with Crippen LogP contribution in [0.2, 0.25) is 5.02 Å². The van der Waals surface area contributed by atoms with Crippen LogP contribution in [0.4, 0.5) is 0 Å². The Morgan fingerprint density at radius 3 is 2.58 bits per heavy atom. The van der Waals surface area contributed by atoms with E-state index in [1.165, 1.54) is 0 Å². The minimum Gasteiger partial charge on any atom is -0.482 e. The van der Waals surface area contributed by atoms with Crippen LogP contribution in [-0.4, -0.2) is 12.6 Å². The quantitative estimate of drug-likeness (QED) is 0.621. The van der Waals surface area contributed by atoms with Gasteiger partial charge in [-0.05, 0) is 30.3 Å². The lowest BCUT2D eigenvalue weighted by Gasteiger charge is -2.08. The van der Waals surface area contributed by atoms with Crippen LogP contribution in [0.25, 0.3) is 0 Å². The average Bonchev–Trinajstić information content (AvgIpc) is 2.41. The Balaban J connectivity index is 1.91. The predicted molar refractivity (Wildman–Crippen MR) is 76.7 cm³/mol. The summed E-state index contributed by atoms with van der Waals surface area (Å²) in [6, 6.07) is 14.1. The third-order valence-electron chi connectivity index (χ3n) is 2.22. The number of para-hydroxylation sites is 1. The summed E-state index contributed by atoms with van der Waals surface area (Å²) in [5.41, 5.74) is 0. The van der Waals surface area contributed by atoms with Crippen LogP contribution in [0.3, 0.4) is 0 Å². The topological polar surface area (TPSA) is 35.5 Å². The molecule has 0 radical (unpaired) electrons. The monoisotopic (exact) mass is 340 g/mol. The fourth-order valence-electron chi connectivity index (χ4n) is 1.37. The number of rotatable bonds is 4. The lowest BCUT2D eigenvalue weighted by atomic mass is 10.3. The number of esters is 1. The first-order valence-electron chi connectivity index (χ1n) is 5.49. The summed E-state index contributed by atoms with van der Waals surface area (Å²) < 4.78 is 11.2. The maximum atomic E-state index is 11.6. The third-order valence-corrected chi connectivity index (χ3v) is 3.01. The Hall–Kier alpha value is -1.52. The second-order valence-corrected chi connectivity index (χ2v) is 4.97. The molecule has 0 unspecified atom stereocenters. The second kappa shape index (κ2) is 6.59. The van der Waals surface area contributed by atoms with Crippen LogP contribution in [0.15, 0.2) is 53.0 Å². The zero-order valence-electron chi connectivity index (χ0n) is 9.81. The Morgan fingerprint density at radius 2 is 1.89 bits per heavy atom. The van der Waals surface area contributed by atoms with Gasteiger partial charge in [0.05, 0.1) is 5.02 Å². The van der Waals surface area contributed by atoms with E-state index in [1.54, 1.807) is 30.3 Å². The van der Waals surface area contributed by atoms with Gasteiger partial charge in [0.1, 0.15) is 11.5 Å². The number of benzene rings is 2. The van der Waals surface area contributed by atoms with E-state index in [4.69, 9.17) is 21.1 Å². The number of hydrogen-bond acceptors (Lipinski definition) is 3. The molecule has 0 fully saturated rings. The van der Waals surface area contributed by atoms with Crippen LogP contribution >= 0.6 is 27.5 Å². The molecule has 98 valence electrons. The minimum atomic E-state index is -0.506. The summed E-state index contributed by atoms with van der Waals surface area (Å²) in [6.45, 7) is -0.170. The number of ether oxygens (including phenoxy) is 2. The highest BCUT2D eigenvalue weighted by molar-refractivity contribution is 9.10. The molecule has 0 aliphatic heterocycles. The van der Waals surface area contributed by atoms with Crippen LogP contribution in [0.1, 0.15) is 0 Å². The molecule has 0 heterocycles. The molecule has 2 aromatic rings. The number of halogens is 2. The molecule has 0 saturated carbocycles. The van der Waals surface area contributed by atoms with Crippen LogP contribution in [0.5, 0.6) is 11.5 Å². The summed E-state index contributed by atoms with van der Waals surface area (Å²) in [7, 11) is 0. The van der Waals surface area contributed by atoms with Crippen molar-refractivity contribution in [2.45, 2.75) is 0 Å². The molecule has 0 spiro atoms. The lowest BCUT2D eigenvalue weighted by molar-refractivity contribution is -0.136. The van der Waals surface area contributed by atoms with Crippen LogP contribution in [0, 0.1) is 0 Å². The summed E-state index contributed by atoms with van der Waals surface area (Å²) in [6.07, 6.45) is 0. The normalized spacial score (nSPS) is 10.0. The Morgan fingerprint density at radius 1 is 1.16 bits per heavy atom. The first-order chi connectivity index (χ1) is 9.15. The van der Waals surface area contributed by atoms with E-state index in [0.717, 1.165) is 4.47 Å². The second-order valence-electron chi connectivity index (χ2n) is 3.65. The van der Waals surface area contributed by atoms with Gasteiger partial charge in [-0.2, -0.15) is 0 Å². The first kappa shape index (κ1) is 13.9. The summed E-state index contributed by atoms with van der Waals surface area (Å²) in [4.78, 5) is 11.6. The molecule has 0 bridgehead atoms. The molecule has 0 saturated heterocycles. The largest absolute Gasteiger partial charge is 0.482 e. The van der Waals surface area contributed by atoms with Gasteiger partial charge in [0, 0.05) is 4.47 Å². The van der Waals surface area contributed by atoms with Gasteiger partial charge in [0.2, 0.25) is 0 Å². The molecule has 5 heteroatoms. The van der Waals surface area contributed by atoms with Crippen LogP contribution in [-0.2, 0) is 4.79 Å². The van der Waals surface area contributed by atoms with E-state index in [0.29, 0.717) is 16.5 Å². The number of carbonyl (C=O) groups excluding carboxylic acids is 1. The van der Waals surface area contributed by atoms with Gasteiger partial charge >= 0.3 is 5.97 Å². The van der Waals surface area contributed by atoms with E-state index >= 15 is 0 Å². The van der Waals surface area contributed by atoms with Gasteiger partial charge in [-0.15, -0.1) is 0 Å². The highest BCUT2D eigenvalue weighted by Gasteiger charge is 2.09. The lowest BCUT2D eigenvalue weighted by Crippen LogP contribution is -2.17. The van der Waals surface area contributed by atoms with Crippen molar-refractivity contribution in [3.05, 3.63) is 58.0 Å². The van der Waals surface area contributed by atoms with Crippen molar-refractivity contribution < 1.29 is 14.3 Å². The molecule has 0 N–H and O–H groups in total. The fraction of sp³-hybridized carbons (Fsp3) is 0.0714. The summed E-state index contributed by atoms with van der Waals surface area (Å²) in [5.74, 6) is 0.418. The summed E-state index contributed by atoms with van der Waals surface area (Å²) >= 11 is 9.22. The van der Waals surface area contributed by atoms with Crippen molar-refractivity contribution in [3.63, 3.8) is 0 Å². The highest BCUT2D eigenvalue weighted by atomic mass is 79.9. The van der Waals surface area contributed by atoms with Crippen molar-refractivity contribution in [1.29, 1.82) is 0 Å². The van der Waals surface area contributed by atoms with Gasteiger partial charge < -0.3 is 9.47 Å². The predicted octanol–water partition coefficient (Wildman–Crippen LogP) is 4.09. The molecule has 2 aromatic carbocycles. The molecule has 3 nitrogen and oxygen atoms in total. The molecule has 0 aliphatic carbocycles. The Kier molecular flexibility index (Phi) is 4.82. The molecule has 0 aromatic heterocycles.